The number of carbonyl (C=O) groups excluding carboxylic acids is 3. The van der Waals surface area contributed by atoms with Crippen molar-refractivity contribution >= 4 is 44.9 Å². The minimum Gasteiger partial charge on any atom is -0.483 e. The summed E-state index contributed by atoms with van der Waals surface area (Å²) in [6.45, 7) is 2.67. The topological polar surface area (TPSA) is 122 Å². The molecule has 1 aliphatic heterocycles. The number of rotatable bonds is 10. The Balaban J connectivity index is 1.44. The van der Waals surface area contributed by atoms with E-state index >= 15 is 0 Å². The van der Waals surface area contributed by atoms with E-state index in [2.05, 4.69) is 5.32 Å². The number of amides is 2. The zero-order valence-corrected chi connectivity index (χ0v) is 26.1. The van der Waals surface area contributed by atoms with E-state index in [1.54, 1.807) is 4.90 Å². The number of hydrogen-bond acceptors (Lipinski definition) is 8. The van der Waals surface area contributed by atoms with Crippen LogP contribution < -0.4 is 10.1 Å². The van der Waals surface area contributed by atoms with Crippen molar-refractivity contribution in [1.29, 1.82) is 0 Å². The molecule has 1 saturated heterocycles. The van der Waals surface area contributed by atoms with Crippen LogP contribution in [0.3, 0.4) is 0 Å². The van der Waals surface area contributed by atoms with Gasteiger partial charge in [-0.05, 0) is 67.1 Å². The lowest BCUT2D eigenvalue weighted by Crippen LogP contribution is -2.45. The highest BCUT2D eigenvalue weighted by atomic mass is 35.5. The Bertz CT molecular complexity index is 1760. The third-order valence-electron chi connectivity index (χ3n) is 6.98. The molecule has 3 aromatic carbocycles. The number of halogens is 5. The number of anilines is 1. The molecule has 0 radical (unpaired) electrons. The Morgan fingerprint density at radius 1 is 1.04 bits per heavy atom. The quantitative estimate of drug-likeness (QED) is 0.244. The smallest absolute Gasteiger partial charge is 0.416 e. The lowest BCUT2D eigenvalue weighted by molar-refractivity contribution is -0.137. The fourth-order valence-corrected chi connectivity index (χ4v) is 5.83. The highest BCUT2D eigenvalue weighted by Gasteiger charge is 2.32. The fraction of sp³-hybridized carbons (Fsp3) is 0.300. The minimum absolute atomic E-state index is 0.0340. The van der Waals surface area contributed by atoms with Crippen molar-refractivity contribution in [2.75, 3.05) is 51.8 Å². The van der Waals surface area contributed by atoms with E-state index in [0.29, 0.717) is 48.3 Å². The first-order chi connectivity index (χ1) is 21.6. The van der Waals surface area contributed by atoms with Crippen molar-refractivity contribution in [2.24, 2.45) is 0 Å². The van der Waals surface area contributed by atoms with Crippen molar-refractivity contribution in [1.82, 2.24) is 9.21 Å². The monoisotopic (exact) mass is 685 g/mol. The number of carbonyl (C=O) groups is 3. The van der Waals surface area contributed by atoms with Crippen LogP contribution in [0, 0.1) is 12.7 Å². The molecule has 0 aromatic heterocycles. The van der Waals surface area contributed by atoms with Crippen molar-refractivity contribution in [3.05, 3.63) is 87.7 Å². The fourth-order valence-electron chi connectivity index (χ4n) is 4.45. The number of alkyl halides is 3. The number of nitrogens with one attached hydrogen (secondary N) is 1. The molecule has 10 nitrogen and oxygen atoms in total. The van der Waals surface area contributed by atoms with Crippen LogP contribution in [0.5, 0.6) is 5.75 Å². The van der Waals surface area contributed by atoms with E-state index in [-0.39, 0.29) is 39.5 Å². The van der Waals surface area contributed by atoms with Gasteiger partial charge in [0.1, 0.15) is 11.6 Å². The Morgan fingerprint density at radius 2 is 1.74 bits per heavy atom. The molecular weight excluding hydrogens is 658 g/mol. The second-order valence-corrected chi connectivity index (χ2v) is 12.7. The maximum Gasteiger partial charge on any atom is 0.416 e. The van der Waals surface area contributed by atoms with Gasteiger partial charge in [-0.25, -0.2) is 17.1 Å². The zero-order chi connectivity index (χ0) is 33.8. The van der Waals surface area contributed by atoms with Gasteiger partial charge in [0.15, 0.2) is 12.4 Å². The van der Waals surface area contributed by atoms with Gasteiger partial charge >= 0.3 is 6.18 Å². The molecule has 2 amide bonds. The second-order valence-electron chi connectivity index (χ2n) is 10.3. The average Bonchev–Trinajstić information content (AvgIpc) is 3.00. The van der Waals surface area contributed by atoms with Gasteiger partial charge in [-0.1, -0.05) is 11.6 Å². The summed E-state index contributed by atoms with van der Waals surface area (Å²) >= 11 is 5.98. The molecule has 16 heteroatoms. The molecule has 1 aliphatic rings. The Kier molecular flexibility index (Phi) is 10.7. The summed E-state index contributed by atoms with van der Waals surface area (Å²) in [5.41, 5.74) is -1.71. The molecule has 246 valence electrons. The van der Waals surface area contributed by atoms with Gasteiger partial charge in [-0.2, -0.15) is 13.2 Å². The van der Waals surface area contributed by atoms with Gasteiger partial charge in [-0.3, -0.25) is 19.3 Å². The summed E-state index contributed by atoms with van der Waals surface area (Å²) in [5, 5.41) is 2.58. The molecule has 0 spiro atoms. The number of ketones is 1. The normalized spacial score (nSPS) is 14.1. The predicted octanol–water partition coefficient (Wildman–Crippen LogP) is 4.53. The molecular formula is C30H28ClF4N3O7S. The van der Waals surface area contributed by atoms with Gasteiger partial charge < -0.3 is 14.8 Å². The number of benzene rings is 3. The zero-order valence-electron chi connectivity index (χ0n) is 24.5. The highest BCUT2D eigenvalue weighted by molar-refractivity contribution is 7.89. The third kappa shape index (κ3) is 8.40. The standard InChI is InChI=1S/C30H28ClF4N3O7S/c1-18-11-23(46(42,43)37(2)28(40)16-38-7-9-44-10-8-38)4-5-25(18)36-27(39)17-45-26-6-3-21(31)15-24(26)29(41)19-12-20(30(33,34)35)14-22(32)13-19/h3-6,11-15H,7-10,16-17H2,1-2H3,(H,36,39). The maximum absolute atomic E-state index is 13.9. The van der Waals surface area contributed by atoms with E-state index in [0.717, 1.165) is 6.07 Å². The van der Waals surface area contributed by atoms with Gasteiger partial charge in [0.05, 0.1) is 35.8 Å². The van der Waals surface area contributed by atoms with Gasteiger partial charge in [0, 0.05) is 36.4 Å². The summed E-state index contributed by atoms with van der Waals surface area (Å²) in [6, 6.07) is 8.90. The molecule has 1 fully saturated rings. The molecule has 1 heterocycles. The van der Waals surface area contributed by atoms with Crippen LogP contribution in [0.15, 0.2) is 59.5 Å². The predicted molar refractivity (Wildman–Crippen MR) is 159 cm³/mol. The lowest BCUT2D eigenvalue weighted by atomic mass is 10.00. The number of morpholine rings is 1. The number of aryl methyl sites for hydroxylation is 1. The first-order valence-corrected chi connectivity index (χ1v) is 15.5. The van der Waals surface area contributed by atoms with Crippen LogP contribution in [-0.4, -0.2) is 81.7 Å². The van der Waals surface area contributed by atoms with Crippen molar-refractivity contribution in [3.63, 3.8) is 0 Å². The number of likely N-dealkylation sites (N-methyl/N-ethyl adjacent to an activating group) is 1. The molecule has 0 saturated carbocycles. The van der Waals surface area contributed by atoms with Crippen LogP contribution in [-0.2, 0) is 30.5 Å². The number of hydrogen-bond donors (Lipinski definition) is 1. The molecule has 4 rings (SSSR count). The largest absolute Gasteiger partial charge is 0.483 e. The molecule has 0 aliphatic carbocycles. The van der Waals surface area contributed by atoms with Crippen LogP contribution in [0.4, 0.5) is 23.2 Å². The van der Waals surface area contributed by atoms with Gasteiger partial charge in [0.25, 0.3) is 15.9 Å². The van der Waals surface area contributed by atoms with Gasteiger partial charge in [-0.15, -0.1) is 0 Å². The van der Waals surface area contributed by atoms with Crippen molar-refractivity contribution in [2.45, 2.75) is 18.0 Å². The van der Waals surface area contributed by atoms with Crippen LogP contribution in [0.1, 0.15) is 27.0 Å². The number of nitrogens with zero attached hydrogens (tertiary/aromatic N) is 2. The lowest BCUT2D eigenvalue weighted by Gasteiger charge is -2.27. The molecule has 46 heavy (non-hydrogen) atoms. The summed E-state index contributed by atoms with van der Waals surface area (Å²) in [5.74, 6) is -3.85. The van der Waals surface area contributed by atoms with Crippen LogP contribution in [0.25, 0.3) is 0 Å². The summed E-state index contributed by atoms with van der Waals surface area (Å²) < 4.78 is 91.1. The molecule has 1 N–H and O–H groups in total. The van der Waals surface area contributed by atoms with Gasteiger partial charge in [0.2, 0.25) is 5.91 Å². The molecule has 0 atom stereocenters. The van der Waals surface area contributed by atoms with E-state index < -0.39 is 57.3 Å². The van der Waals surface area contributed by atoms with Crippen molar-refractivity contribution in [3.8, 4) is 5.75 Å². The Labute approximate surface area is 266 Å². The van der Waals surface area contributed by atoms with E-state index in [1.165, 1.54) is 44.3 Å². The SMILES string of the molecule is Cc1cc(S(=O)(=O)N(C)C(=O)CN2CCOCC2)ccc1NC(=O)COc1ccc(Cl)cc1C(=O)c1cc(F)cc(C(F)(F)F)c1. The number of sulfonamides is 1. The molecule has 0 unspecified atom stereocenters. The molecule has 0 bridgehead atoms. The first kappa shape index (κ1) is 34.8. The average molecular weight is 686 g/mol. The van der Waals surface area contributed by atoms with E-state index in [9.17, 15) is 40.4 Å². The van der Waals surface area contributed by atoms with Crippen molar-refractivity contribution < 1.29 is 49.8 Å². The highest BCUT2D eigenvalue weighted by Crippen LogP contribution is 2.32. The summed E-state index contributed by atoms with van der Waals surface area (Å²) in [6.07, 6.45) is -4.90. The van der Waals surface area contributed by atoms with E-state index in [4.69, 9.17) is 21.1 Å². The van der Waals surface area contributed by atoms with Crippen LogP contribution >= 0.6 is 11.6 Å². The van der Waals surface area contributed by atoms with Crippen LogP contribution in [0.2, 0.25) is 5.02 Å². The second kappa shape index (κ2) is 14.2. The maximum atomic E-state index is 13.9. The summed E-state index contributed by atoms with van der Waals surface area (Å²) in [4.78, 5) is 40.1. The Morgan fingerprint density at radius 3 is 2.39 bits per heavy atom. The summed E-state index contributed by atoms with van der Waals surface area (Å²) in [7, 11) is -3.03. The first-order valence-electron chi connectivity index (χ1n) is 13.6. The Hall–Kier alpha value is -4.05. The number of ether oxygens (including phenoxy) is 2. The third-order valence-corrected chi connectivity index (χ3v) is 8.99. The minimum atomic E-state index is -4.90. The van der Waals surface area contributed by atoms with E-state index in [1.807, 2.05) is 0 Å². The molecule has 3 aromatic rings.